The molecule has 1 heterocycles. The zero-order valence-corrected chi connectivity index (χ0v) is 12.8. The number of ketones is 1. The van der Waals surface area contributed by atoms with Crippen molar-refractivity contribution in [1.82, 2.24) is 0 Å². The number of hydrogen-bond acceptors (Lipinski definition) is 3. The van der Waals surface area contributed by atoms with Crippen LogP contribution in [0.3, 0.4) is 0 Å². The molecule has 0 fully saturated rings. The predicted molar refractivity (Wildman–Crippen MR) is 88.2 cm³/mol. The number of allylic oxidation sites excluding steroid dienone is 1. The highest BCUT2D eigenvalue weighted by molar-refractivity contribution is 5.92. The molecule has 0 radical (unpaired) electrons. The van der Waals surface area contributed by atoms with Crippen LogP contribution in [0.25, 0.3) is 0 Å². The summed E-state index contributed by atoms with van der Waals surface area (Å²) < 4.78 is 5.48. The van der Waals surface area contributed by atoms with Crippen molar-refractivity contribution < 1.29 is 9.53 Å². The van der Waals surface area contributed by atoms with E-state index < -0.39 is 0 Å². The van der Waals surface area contributed by atoms with Gasteiger partial charge in [-0.25, -0.2) is 0 Å². The fourth-order valence-corrected chi connectivity index (χ4v) is 2.94. The summed E-state index contributed by atoms with van der Waals surface area (Å²) in [5.41, 5.74) is 3.34. The summed E-state index contributed by atoms with van der Waals surface area (Å²) in [5, 5.41) is 0. The van der Waals surface area contributed by atoms with Crippen molar-refractivity contribution >= 4 is 11.5 Å². The zero-order chi connectivity index (χ0) is 15.5. The Bertz CT molecular complexity index is 721. The lowest BCUT2D eigenvalue weighted by Crippen LogP contribution is -2.29. The van der Waals surface area contributed by atoms with Crippen LogP contribution < -0.4 is 9.64 Å². The van der Waals surface area contributed by atoms with E-state index in [0.29, 0.717) is 6.42 Å². The van der Waals surface area contributed by atoms with Crippen molar-refractivity contribution in [3.63, 3.8) is 0 Å². The van der Waals surface area contributed by atoms with Crippen LogP contribution in [-0.2, 0) is 4.79 Å². The Morgan fingerprint density at radius 3 is 2.59 bits per heavy atom. The first-order valence-electron chi connectivity index (χ1n) is 7.38. The minimum atomic E-state index is -0.00463. The lowest BCUT2D eigenvalue weighted by molar-refractivity contribution is -0.115. The molecule has 0 aromatic heterocycles. The molecule has 22 heavy (non-hydrogen) atoms. The SMILES string of the molecule is COc1ccccc1N1C=CC(=O)C[C@@H]1c1ccccc1C. The molecule has 3 heteroatoms. The second-order valence-corrected chi connectivity index (χ2v) is 5.44. The van der Waals surface area contributed by atoms with Gasteiger partial charge in [0.1, 0.15) is 5.75 Å². The molecule has 0 bridgehead atoms. The monoisotopic (exact) mass is 293 g/mol. The number of aryl methyl sites for hydroxylation is 1. The third kappa shape index (κ3) is 2.62. The Balaban J connectivity index is 2.09. The van der Waals surface area contributed by atoms with Gasteiger partial charge in [0, 0.05) is 12.6 Å². The van der Waals surface area contributed by atoms with Crippen LogP contribution in [-0.4, -0.2) is 12.9 Å². The molecule has 2 aromatic carbocycles. The van der Waals surface area contributed by atoms with E-state index >= 15 is 0 Å². The highest BCUT2D eigenvalue weighted by Gasteiger charge is 2.27. The topological polar surface area (TPSA) is 29.5 Å². The maximum Gasteiger partial charge on any atom is 0.159 e. The molecule has 0 N–H and O–H groups in total. The van der Waals surface area contributed by atoms with E-state index in [1.807, 2.05) is 42.6 Å². The van der Waals surface area contributed by atoms with Crippen molar-refractivity contribution in [3.05, 3.63) is 71.9 Å². The minimum absolute atomic E-state index is 0.00463. The first-order valence-corrected chi connectivity index (χ1v) is 7.38. The molecular formula is C19H19NO2. The number of para-hydroxylation sites is 2. The van der Waals surface area contributed by atoms with Crippen LogP contribution in [0.2, 0.25) is 0 Å². The molecule has 3 rings (SSSR count). The van der Waals surface area contributed by atoms with Crippen molar-refractivity contribution in [3.8, 4) is 5.75 Å². The fourth-order valence-electron chi connectivity index (χ4n) is 2.94. The lowest BCUT2D eigenvalue weighted by Gasteiger charge is -2.34. The number of carbonyl (C=O) groups excluding carboxylic acids is 1. The third-order valence-corrected chi connectivity index (χ3v) is 4.06. The van der Waals surface area contributed by atoms with Crippen LogP contribution in [0, 0.1) is 6.92 Å². The predicted octanol–water partition coefficient (Wildman–Crippen LogP) is 4.04. The molecule has 0 saturated heterocycles. The molecule has 1 aliphatic rings. The molecule has 0 unspecified atom stereocenters. The van der Waals surface area contributed by atoms with Crippen LogP contribution in [0.4, 0.5) is 5.69 Å². The molecule has 1 atom stereocenters. The van der Waals surface area contributed by atoms with Gasteiger partial charge in [-0.2, -0.15) is 0 Å². The van der Waals surface area contributed by atoms with Gasteiger partial charge in [0.2, 0.25) is 0 Å². The quantitative estimate of drug-likeness (QED) is 0.855. The third-order valence-electron chi connectivity index (χ3n) is 4.06. The summed E-state index contributed by atoms with van der Waals surface area (Å²) in [6, 6.07) is 16.1. The Hall–Kier alpha value is -2.55. The van der Waals surface area contributed by atoms with Gasteiger partial charge >= 0.3 is 0 Å². The normalized spacial score (nSPS) is 17.6. The van der Waals surface area contributed by atoms with Crippen LogP contribution in [0.1, 0.15) is 23.6 Å². The van der Waals surface area contributed by atoms with E-state index in [-0.39, 0.29) is 11.8 Å². The average molecular weight is 293 g/mol. The smallest absolute Gasteiger partial charge is 0.159 e. The summed E-state index contributed by atoms with van der Waals surface area (Å²) in [4.78, 5) is 14.1. The van der Waals surface area contributed by atoms with Gasteiger partial charge in [-0.05, 0) is 36.3 Å². The van der Waals surface area contributed by atoms with Crippen molar-refractivity contribution in [2.75, 3.05) is 12.0 Å². The number of ether oxygens (including phenoxy) is 1. The first kappa shape index (κ1) is 14.4. The van der Waals surface area contributed by atoms with Gasteiger partial charge < -0.3 is 9.64 Å². The Morgan fingerprint density at radius 2 is 1.82 bits per heavy atom. The number of nitrogens with zero attached hydrogens (tertiary/aromatic N) is 1. The molecular weight excluding hydrogens is 274 g/mol. The number of benzene rings is 2. The molecule has 0 spiro atoms. The number of hydrogen-bond donors (Lipinski definition) is 0. The van der Waals surface area contributed by atoms with Crippen molar-refractivity contribution in [2.45, 2.75) is 19.4 Å². The van der Waals surface area contributed by atoms with Crippen LogP contribution >= 0.6 is 0 Å². The Kier molecular flexibility index (Phi) is 3.96. The second kappa shape index (κ2) is 6.06. The Labute approximate surface area is 130 Å². The maximum atomic E-state index is 11.9. The highest BCUT2D eigenvalue weighted by atomic mass is 16.5. The van der Waals surface area contributed by atoms with Gasteiger partial charge in [0.25, 0.3) is 0 Å². The summed E-state index contributed by atoms with van der Waals surface area (Å²) >= 11 is 0. The highest BCUT2D eigenvalue weighted by Crippen LogP contribution is 2.38. The van der Waals surface area contributed by atoms with Gasteiger partial charge in [0.05, 0.1) is 18.8 Å². The largest absolute Gasteiger partial charge is 0.495 e. The van der Waals surface area contributed by atoms with E-state index in [1.165, 1.54) is 11.1 Å². The Morgan fingerprint density at radius 1 is 1.09 bits per heavy atom. The average Bonchev–Trinajstić information content (AvgIpc) is 2.55. The summed E-state index contributed by atoms with van der Waals surface area (Å²) in [7, 11) is 1.67. The second-order valence-electron chi connectivity index (χ2n) is 5.44. The van der Waals surface area contributed by atoms with E-state index in [2.05, 4.69) is 24.0 Å². The number of methoxy groups -OCH3 is 1. The molecule has 2 aromatic rings. The molecule has 112 valence electrons. The van der Waals surface area contributed by atoms with E-state index in [9.17, 15) is 4.79 Å². The molecule has 0 aliphatic carbocycles. The fraction of sp³-hybridized carbons (Fsp3) is 0.211. The van der Waals surface area contributed by atoms with Gasteiger partial charge in [-0.3, -0.25) is 4.79 Å². The molecule has 3 nitrogen and oxygen atoms in total. The minimum Gasteiger partial charge on any atom is -0.495 e. The van der Waals surface area contributed by atoms with Gasteiger partial charge in [0.15, 0.2) is 5.78 Å². The van der Waals surface area contributed by atoms with Crippen LogP contribution in [0.15, 0.2) is 60.8 Å². The maximum absolute atomic E-state index is 11.9. The first-order chi connectivity index (χ1) is 10.7. The standard InChI is InChI=1S/C19H19NO2/c1-14-7-3-4-8-16(14)18-13-15(21)11-12-20(18)17-9-5-6-10-19(17)22-2/h3-12,18H,13H2,1-2H3/t18-/m1/s1. The zero-order valence-electron chi connectivity index (χ0n) is 12.8. The lowest BCUT2D eigenvalue weighted by atomic mass is 9.93. The molecule has 0 amide bonds. The van der Waals surface area contributed by atoms with E-state index in [1.54, 1.807) is 13.2 Å². The summed E-state index contributed by atoms with van der Waals surface area (Å²) in [6.45, 7) is 2.08. The molecule has 1 aliphatic heterocycles. The number of rotatable bonds is 3. The van der Waals surface area contributed by atoms with Gasteiger partial charge in [-0.15, -0.1) is 0 Å². The van der Waals surface area contributed by atoms with Crippen molar-refractivity contribution in [2.24, 2.45) is 0 Å². The summed E-state index contributed by atoms with van der Waals surface area (Å²) in [6.07, 6.45) is 3.97. The number of anilines is 1. The van der Waals surface area contributed by atoms with Crippen molar-refractivity contribution in [1.29, 1.82) is 0 Å². The van der Waals surface area contributed by atoms with Gasteiger partial charge in [-0.1, -0.05) is 36.4 Å². The summed E-state index contributed by atoms with van der Waals surface area (Å²) in [5.74, 6) is 0.958. The van der Waals surface area contributed by atoms with Crippen LogP contribution in [0.5, 0.6) is 5.75 Å². The number of carbonyl (C=O) groups is 1. The molecule has 0 saturated carbocycles. The van der Waals surface area contributed by atoms with E-state index in [0.717, 1.165) is 11.4 Å². The van der Waals surface area contributed by atoms with E-state index in [4.69, 9.17) is 4.74 Å².